The van der Waals surface area contributed by atoms with Crippen LogP contribution in [0.5, 0.6) is 0 Å². The maximum absolute atomic E-state index is 12.7. The number of rotatable bonds is 3. The number of thiazole rings is 1. The highest BCUT2D eigenvalue weighted by atomic mass is 32.1. The van der Waals surface area contributed by atoms with Gasteiger partial charge in [-0.05, 0) is 39.2 Å². The minimum absolute atomic E-state index is 0.00213. The fourth-order valence-corrected chi connectivity index (χ4v) is 3.83. The molecule has 1 aliphatic rings. The highest BCUT2D eigenvalue weighted by Gasteiger charge is 2.29. The Labute approximate surface area is 132 Å². The van der Waals surface area contributed by atoms with Crippen molar-refractivity contribution in [2.24, 2.45) is 0 Å². The lowest BCUT2D eigenvalue weighted by Gasteiger charge is -2.35. The quantitative estimate of drug-likeness (QED) is 0.940. The molecule has 1 aliphatic heterocycles. The van der Waals surface area contributed by atoms with Gasteiger partial charge in [0.25, 0.3) is 0 Å². The van der Waals surface area contributed by atoms with Gasteiger partial charge in [0.1, 0.15) is 6.54 Å². The SMILES string of the molecule is Cc1sc(=O)n(CC(=O)N2CCCCC2c2ccn[nH]2)c1C. The molecule has 1 N–H and O–H groups in total. The monoisotopic (exact) mass is 320 g/mol. The van der Waals surface area contributed by atoms with E-state index in [9.17, 15) is 9.59 Å². The lowest BCUT2D eigenvalue weighted by molar-refractivity contribution is -0.135. The van der Waals surface area contributed by atoms with Crippen molar-refractivity contribution in [2.75, 3.05) is 6.54 Å². The number of carbonyl (C=O) groups is 1. The van der Waals surface area contributed by atoms with E-state index in [0.717, 1.165) is 42.1 Å². The van der Waals surface area contributed by atoms with Crippen LogP contribution in [0.1, 0.15) is 41.6 Å². The molecule has 1 atom stereocenters. The molecule has 0 saturated carbocycles. The van der Waals surface area contributed by atoms with Crippen molar-refractivity contribution in [1.82, 2.24) is 19.7 Å². The van der Waals surface area contributed by atoms with Crippen LogP contribution in [-0.4, -0.2) is 32.1 Å². The number of aromatic amines is 1. The van der Waals surface area contributed by atoms with Gasteiger partial charge in [-0.1, -0.05) is 11.3 Å². The molecule has 1 saturated heterocycles. The number of hydrogen-bond acceptors (Lipinski definition) is 4. The van der Waals surface area contributed by atoms with Gasteiger partial charge < -0.3 is 4.90 Å². The van der Waals surface area contributed by atoms with Crippen molar-refractivity contribution >= 4 is 17.2 Å². The molecular weight excluding hydrogens is 300 g/mol. The molecule has 1 amide bonds. The van der Waals surface area contributed by atoms with E-state index in [1.807, 2.05) is 24.8 Å². The Morgan fingerprint density at radius 1 is 1.45 bits per heavy atom. The maximum Gasteiger partial charge on any atom is 0.308 e. The van der Waals surface area contributed by atoms with Crippen molar-refractivity contribution < 1.29 is 4.79 Å². The molecule has 1 unspecified atom stereocenters. The zero-order valence-corrected chi connectivity index (χ0v) is 13.7. The van der Waals surface area contributed by atoms with Gasteiger partial charge in [0.2, 0.25) is 5.91 Å². The van der Waals surface area contributed by atoms with Gasteiger partial charge in [0, 0.05) is 23.3 Å². The Morgan fingerprint density at radius 3 is 2.91 bits per heavy atom. The predicted molar refractivity (Wildman–Crippen MR) is 84.9 cm³/mol. The Hall–Kier alpha value is -1.89. The van der Waals surface area contributed by atoms with Crippen molar-refractivity contribution in [1.29, 1.82) is 0 Å². The Bertz CT molecular complexity index is 716. The summed E-state index contributed by atoms with van der Waals surface area (Å²) < 4.78 is 1.58. The molecule has 3 heterocycles. The van der Waals surface area contributed by atoms with Crippen LogP contribution in [0.2, 0.25) is 0 Å². The zero-order valence-electron chi connectivity index (χ0n) is 12.8. The van der Waals surface area contributed by atoms with Gasteiger partial charge in [0.15, 0.2) is 0 Å². The van der Waals surface area contributed by atoms with Crippen LogP contribution < -0.4 is 4.87 Å². The Balaban J connectivity index is 1.82. The number of carbonyl (C=O) groups excluding carboxylic acids is 1. The molecule has 0 aliphatic carbocycles. The highest BCUT2D eigenvalue weighted by Crippen LogP contribution is 2.29. The number of aryl methyl sites for hydroxylation is 1. The van der Waals surface area contributed by atoms with Crippen molar-refractivity contribution in [3.63, 3.8) is 0 Å². The van der Waals surface area contributed by atoms with Crippen molar-refractivity contribution in [2.45, 2.75) is 45.7 Å². The average Bonchev–Trinajstić information content (AvgIpc) is 3.12. The van der Waals surface area contributed by atoms with Gasteiger partial charge >= 0.3 is 4.87 Å². The van der Waals surface area contributed by atoms with E-state index < -0.39 is 0 Å². The molecule has 7 heteroatoms. The van der Waals surface area contributed by atoms with E-state index in [1.54, 1.807) is 10.8 Å². The Morgan fingerprint density at radius 2 is 2.27 bits per heavy atom. The predicted octanol–water partition coefficient (Wildman–Crippen LogP) is 2.00. The number of nitrogens with one attached hydrogen (secondary N) is 1. The number of hydrogen-bond donors (Lipinski definition) is 1. The highest BCUT2D eigenvalue weighted by molar-refractivity contribution is 7.09. The van der Waals surface area contributed by atoms with Gasteiger partial charge in [-0.15, -0.1) is 0 Å². The number of likely N-dealkylation sites (tertiary alicyclic amines) is 1. The van der Waals surface area contributed by atoms with Crippen LogP contribution >= 0.6 is 11.3 Å². The fraction of sp³-hybridized carbons (Fsp3) is 0.533. The summed E-state index contributed by atoms with van der Waals surface area (Å²) in [5.41, 5.74) is 1.86. The van der Waals surface area contributed by atoms with E-state index in [2.05, 4.69) is 10.2 Å². The van der Waals surface area contributed by atoms with Gasteiger partial charge in [-0.25, -0.2) is 0 Å². The third kappa shape index (κ3) is 2.72. The van der Waals surface area contributed by atoms with E-state index >= 15 is 0 Å². The number of piperidine rings is 1. The van der Waals surface area contributed by atoms with E-state index in [-0.39, 0.29) is 23.4 Å². The molecule has 3 rings (SSSR count). The summed E-state index contributed by atoms with van der Waals surface area (Å²) in [4.78, 5) is 27.5. The first-order chi connectivity index (χ1) is 10.6. The first-order valence-electron chi connectivity index (χ1n) is 7.53. The van der Waals surface area contributed by atoms with E-state index in [0.29, 0.717) is 0 Å². The van der Waals surface area contributed by atoms with Crippen LogP contribution in [0.4, 0.5) is 0 Å². The summed E-state index contributed by atoms with van der Waals surface area (Å²) in [6.07, 6.45) is 4.75. The van der Waals surface area contributed by atoms with Gasteiger partial charge in [-0.2, -0.15) is 5.10 Å². The summed E-state index contributed by atoms with van der Waals surface area (Å²) >= 11 is 1.20. The molecule has 0 bridgehead atoms. The molecule has 118 valence electrons. The molecule has 22 heavy (non-hydrogen) atoms. The normalized spacial score (nSPS) is 18.6. The number of aromatic nitrogens is 3. The van der Waals surface area contributed by atoms with E-state index in [1.165, 1.54) is 11.3 Å². The summed E-state index contributed by atoms with van der Waals surface area (Å²) in [6.45, 7) is 4.67. The third-order valence-electron chi connectivity index (χ3n) is 4.37. The van der Waals surface area contributed by atoms with Crippen LogP contribution in [0, 0.1) is 13.8 Å². The maximum atomic E-state index is 12.7. The summed E-state index contributed by atoms with van der Waals surface area (Å²) in [6, 6.07) is 1.96. The minimum Gasteiger partial charge on any atom is -0.333 e. The molecular formula is C15H20N4O2S. The third-order valence-corrected chi connectivity index (χ3v) is 5.37. The summed E-state index contributed by atoms with van der Waals surface area (Å²) in [5, 5.41) is 6.96. The minimum atomic E-state index is -0.0570. The second kappa shape index (κ2) is 6.08. The topological polar surface area (TPSA) is 71.0 Å². The standard InChI is InChI=1S/C15H20N4O2S/c1-10-11(2)22-15(21)19(10)9-14(20)18-8-4-3-5-13(18)12-6-7-16-17-12/h6-7,13H,3-5,8-9H2,1-2H3,(H,16,17). The fourth-order valence-electron chi connectivity index (χ4n) is 3.00. The lowest BCUT2D eigenvalue weighted by Crippen LogP contribution is -2.41. The van der Waals surface area contributed by atoms with Crippen LogP contribution in [-0.2, 0) is 11.3 Å². The lowest BCUT2D eigenvalue weighted by atomic mass is 9.99. The molecule has 2 aromatic heterocycles. The summed E-state index contributed by atoms with van der Waals surface area (Å²) in [7, 11) is 0. The first kappa shape index (κ1) is 15.0. The number of H-pyrrole nitrogens is 1. The first-order valence-corrected chi connectivity index (χ1v) is 8.35. The molecule has 2 aromatic rings. The van der Waals surface area contributed by atoms with Crippen molar-refractivity contribution in [3.8, 4) is 0 Å². The second-order valence-electron chi connectivity index (χ2n) is 5.71. The van der Waals surface area contributed by atoms with Crippen LogP contribution in [0.3, 0.4) is 0 Å². The van der Waals surface area contributed by atoms with Crippen LogP contribution in [0.25, 0.3) is 0 Å². The smallest absolute Gasteiger partial charge is 0.308 e. The van der Waals surface area contributed by atoms with Gasteiger partial charge in [-0.3, -0.25) is 19.3 Å². The Kier molecular flexibility index (Phi) is 4.15. The van der Waals surface area contributed by atoms with Gasteiger partial charge in [0.05, 0.1) is 11.7 Å². The molecule has 0 radical (unpaired) electrons. The largest absolute Gasteiger partial charge is 0.333 e. The van der Waals surface area contributed by atoms with E-state index in [4.69, 9.17) is 0 Å². The summed E-state index contributed by atoms with van der Waals surface area (Å²) in [5.74, 6) is 0.00213. The number of amides is 1. The molecule has 6 nitrogen and oxygen atoms in total. The second-order valence-corrected chi connectivity index (χ2v) is 6.87. The van der Waals surface area contributed by atoms with Crippen molar-refractivity contribution in [3.05, 3.63) is 38.2 Å². The zero-order chi connectivity index (χ0) is 15.7. The average molecular weight is 320 g/mol. The molecule has 0 aromatic carbocycles. The number of nitrogens with zero attached hydrogens (tertiary/aromatic N) is 3. The van der Waals surface area contributed by atoms with Crippen LogP contribution in [0.15, 0.2) is 17.1 Å². The molecule has 0 spiro atoms. The molecule has 1 fully saturated rings.